The van der Waals surface area contributed by atoms with Gasteiger partial charge in [-0.25, -0.2) is 4.79 Å². The summed E-state index contributed by atoms with van der Waals surface area (Å²) in [4.78, 5) is 27.3. The van der Waals surface area contributed by atoms with Crippen LogP contribution >= 0.6 is 11.6 Å². The molecule has 6 nitrogen and oxygen atoms in total. The van der Waals surface area contributed by atoms with Gasteiger partial charge in [0.15, 0.2) is 17.3 Å². The van der Waals surface area contributed by atoms with E-state index in [1.807, 2.05) is 57.2 Å². The number of esters is 1. The summed E-state index contributed by atoms with van der Waals surface area (Å²) in [5.74, 6) is -0.0570. The van der Waals surface area contributed by atoms with E-state index in [-0.39, 0.29) is 17.8 Å². The van der Waals surface area contributed by atoms with Crippen LogP contribution in [-0.2, 0) is 14.3 Å². The molecule has 0 spiro atoms. The van der Waals surface area contributed by atoms with Crippen LogP contribution in [0.4, 0.5) is 0 Å². The first-order valence-electron chi connectivity index (χ1n) is 12.2. The number of dihydropyridines is 1. The van der Waals surface area contributed by atoms with E-state index in [0.29, 0.717) is 58.2 Å². The molecule has 1 N–H and O–H groups in total. The maximum Gasteiger partial charge on any atom is 0.337 e. The number of rotatable bonds is 7. The highest BCUT2D eigenvalue weighted by Gasteiger charge is 2.43. The van der Waals surface area contributed by atoms with Crippen molar-refractivity contribution >= 4 is 23.4 Å². The van der Waals surface area contributed by atoms with E-state index in [0.717, 1.165) is 11.3 Å². The first-order valence-corrected chi connectivity index (χ1v) is 12.6. The fourth-order valence-electron chi connectivity index (χ4n) is 5.06. The third-order valence-corrected chi connectivity index (χ3v) is 7.27. The summed E-state index contributed by atoms with van der Waals surface area (Å²) in [7, 11) is 3.13. The summed E-state index contributed by atoms with van der Waals surface area (Å²) >= 11 is 6.08. The molecule has 0 saturated carbocycles. The van der Waals surface area contributed by atoms with Crippen LogP contribution in [0.1, 0.15) is 63.0 Å². The molecule has 190 valence electrons. The largest absolute Gasteiger partial charge is 0.493 e. The molecule has 7 heteroatoms. The second kappa shape index (κ2) is 10.8. The fourth-order valence-corrected chi connectivity index (χ4v) is 5.19. The number of hydrogen-bond acceptors (Lipinski definition) is 6. The maximum atomic E-state index is 13.8. The molecule has 1 aliphatic heterocycles. The van der Waals surface area contributed by atoms with Gasteiger partial charge >= 0.3 is 5.97 Å². The predicted octanol–water partition coefficient (Wildman–Crippen LogP) is 6.06. The number of halogens is 1. The Morgan fingerprint density at radius 3 is 2.47 bits per heavy atom. The van der Waals surface area contributed by atoms with Gasteiger partial charge in [-0.1, -0.05) is 42.8 Å². The van der Waals surface area contributed by atoms with E-state index in [1.54, 1.807) is 20.3 Å². The molecule has 0 saturated heterocycles. The van der Waals surface area contributed by atoms with Crippen molar-refractivity contribution in [3.63, 3.8) is 0 Å². The predicted molar refractivity (Wildman–Crippen MR) is 139 cm³/mol. The molecular weight excluding hydrogens is 478 g/mol. The summed E-state index contributed by atoms with van der Waals surface area (Å²) in [6.45, 7) is 5.68. The Labute approximate surface area is 217 Å². The van der Waals surface area contributed by atoms with Crippen molar-refractivity contribution in [2.45, 2.75) is 58.0 Å². The SMILES string of the molecule is CC[C@@H](C)OC(=O)C1=C(C)NC2=C(C(=O)C[C@@H](c3ccc(Cl)cc3)C2)[C@@H]1c1cccc(OC)c1OC. The Morgan fingerprint density at radius 1 is 1.11 bits per heavy atom. The number of hydrogen-bond donors (Lipinski definition) is 1. The first-order chi connectivity index (χ1) is 17.3. The van der Waals surface area contributed by atoms with Gasteiger partial charge in [-0.2, -0.15) is 0 Å². The molecule has 1 aliphatic carbocycles. The monoisotopic (exact) mass is 509 g/mol. The van der Waals surface area contributed by atoms with Crippen LogP contribution in [-0.4, -0.2) is 32.1 Å². The summed E-state index contributed by atoms with van der Waals surface area (Å²) in [5.41, 5.74) is 4.23. The molecule has 0 unspecified atom stereocenters. The molecule has 1 heterocycles. The highest BCUT2D eigenvalue weighted by Crippen LogP contribution is 2.49. The van der Waals surface area contributed by atoms with Gasteiger partial charge < -0.3 is 19.5 Å². The van der Waals surface area contributed by atoms with Crippen molar-refractivity contribution in [2.24, 2.45) is 0 Å². The number of allylic oxidation sites excluding steroid dienone is 3. The number of ketones is 1. The summed E-state index contributed by atoms with van der Waals surface area (Å²) in [5, 5.41) is 4.04. The zero-order valence-corrected chi connectivity index (χ0v) is 22.1. The van der Waals surface area contributed by atoms with Crippen molar-refractivity contribution < 1.29 is 23.8 Å². The Bertz CT molecular complexity index is 1230. The molecule has 0 fully saturated rings. The van der Waals surface area contributed by atoms with Crippen molar-refractivity contribution in [3.05, 3.63) is 81.2 Å². The highest BCUT2D eigenvalue weighted by molar-refractivity contribution is 6.30. The van der Waals surface area contributed by atoms with Crippen LogP contribution in [0.3, 0.4) is 0 Å². The number of methoxy groups -OCH3 is 2. The second-order valence-electron chi connectivity index (χ2n) is 9.28. The zero-order chi connectivity index (χ0) is 26.0. The molecule has 0 bridgehead atoms. The van der Waals surface area contributed by atoms with E-state index in [1.165, 1.54) is 0 Å². The van der Waals surface area contributed by atoms with Gasteiger partial charge in [0.2, 0.25) is 0 Å². The van der Waals surface area contributed by atoms with Crippen LogP contribution in [0.25, 0.3) is 0 Å². The Hall–Kier alpha value is -3.25. The zero-order valence-electron chi connectivity index (χ0n) is 21.3. The molecule has 3 atom stereocenters. The van der Waals surface area contributed by atoms with Crippen molar-refractivity contribution in [2.75, 3.05) is 14.2 Å². The number of para-hydroxylation sites is 1. The molecule has 0 amide bonds. The summed E-state index contributed by atoms with van der Waals surface area (Å²) in [6, 6.07) is 13.1. The second-order valence-corrected chi connectivity index (χ2v) is 9.71. The van der Waals surface area contributed by atoms with Gasteiger partial charge in [0.05, 0.1) is 31.8 Å². The topological polar surface area (TPSA) is 73.9 Å². The number of carbonyl (C=O) groups excluding carboxylic acids is 2. The Kier molecular flexibility index (Phi) is 7.74. The van der Waals surface area contributed by atoms with Crippen molar-refractivity contribution in [1.29, 1.82) is 0 Å². The standard InChI is InChI=1S/C29H32ClNO5/c1-6-16(2)36-29(33)25-17(3)31-22-14-19(18-10-12-20(30)13-11-18)15-23(32)27(22)26(25)21-8-7-9-24(34-4)28(21)35-5/h7-13,16,19,26,31H,6,14-15H2,1-5H3/t16-,19+,26-/m1/s1. The lowest BCUT2D eigenvalue weighted by molar-refractivity contribution is -0.144. The quantitative estimate of drug-likeness (QED) is 0.457. The van der Waals surface area contributed by atoms with E-state index < -0.39 is 11.9 Å². The van der Waals surface area contributed by atoms with Gasteiger partial charge in [0.1, 0.15) is 0 Å². The molecule has 4 rings (SSSR count). The number of nitrogens with one attached hydrogen (secondary N) is 1. The molecule has 2 aliphatic rings. The normalized spacial score (nSPS) is 20.4. The third kappa shape index (κ3) is 4.87. The van der Waals surface area contributed by atoms with Gasteiger partial charge in [-0.3, -0.25) is 4.79 Å². The van der Waals surface area contributed by atoms with E-state index >= 15 is 0 Å². The number of Topliss-reactive ketones (excluding diaryl/α,β-unsaturated/α-hetero) is 1. The van der Waals surface area contributed by atoms with Gasteiger partial charge in [0, 0.05) is 34.0 Å². The van der Waals surface area contributed by atoms with Crippen molar-refractivity contribution in [3.8, 4) is 11.5 Å². The lowest BCUT2D eigenvalue weighted by Crippen LogP contribution is -2.36. The van der Waals surface area contributed by atoms with Crippen LogP contribution in [0, 0.1) is 0 Å². The number of benzene rings is 2. The minimum Gasteiger partial charge on any atom is -0.493 e. The molecule has 2 aromatic rings. The maximum absolute atomic E-state index is 13.8. The molecule has 36 heavy (non-hydrogen) atoms. The average Bonchev–Trinajstić information content (AvgIpc) is 2.87. The number of carbonyl (C=O) groups is 2. The number of ether oxygens (including phenoxy) is 3. The minimum absolute atomic E-state index is 0.00952. The third-order valence-electron chi connectivity index (χ3n) is 7.02. The fraction of sp³-hybridized carbons (Fsp3) is 0.379. The van der Waals surface area contributed by atoms with Gasteiger partial charge in [-0.15, -0.1) is 0 Å². The molecule has 0 radical (unpaired) electrons. The van der Waals surface area contributed by atoms with Gasteiger partial charge in [-0.05, 0) is 56.4 Å². The average molecular weight is 510 g/mol. The van der Waals surface area contributed by atoms with Crippen LogP contribution < -0.4 is 14.8 Å². The van der Waals surface area contributed by atoms with Crippen LogP contribution in [0.5, 0.6) is 11.5 Å². The molecule has 2 aromatic carbocycles. The Balaban J connectivity index is 1.85. The van der Waals surface area contributed by atoms with Crippen molar-refractivity contribution in [1.82, 2.24) is 5.32 Å². The van der Waals surface area contributed by atoms with E-state index in [9.17, 15) is 9.59 Å². The van der Waals surface area contributed by atoms with E-state index in [2.05, 4.69) is 5.32 Å². The summed E-state index contributed by atoms with van der Waals surface area (Å²) < 4.78 is 17.0. The summed E-state index contributed by atoms with van der Waals surface area (Å²) in [6.07, 6.45) is 1.40. The van der Waals surface area contributed by atoms with E-state index in [4.69, 9.17) is 25.8 Å². The Morgan fingerprint density at radius 2 is 1.83 bits per heavy atom. The molecular formula is C29H32ClNO5. The minimum atomic E-state index is -0.637. The van der Waals surface area contributed by atoms with Crippen LogP contribution in [0.15, 0.2) is 65.0 Å². The van der Waals surface area contributed by atoms with Gasteiger partial charge in [0.25, 0.3) is 0 Å². The smallest absolute Gasteiger partial charge is 0.337 e. The highest BCUT2D eigenvalue weighted by atomic mass is 35.5. The van der Waals surface area contributed by atoms with Crippen LogP contribution in [0.2, 0.25) is 5.02 Å². The lowest BCUT2D eigenvalue weighted by Gasteiger charge is -2.37. The lowest BCUT2D eigenvalue weighted by atomic mass is 9.71. The molecule has 0 aromatic heterocycles. The first kappa shape index (κ1) is 25.8.